The third kappa shape index (κ3) is 8.02. The van der Waals surface area contributed by atoms with E-state index in [4.69, 9.17) is 4.42 Å². The second-order valence-electron chi connectivity index (χ2n) is 8.11. The third-order valence-electron chi connectivity index (χ3n) is 5.39. The fourth-order valence-corrected chi connectivity index (χ4v) is 4.29. The van der Waals surface area contributed by atoms with E-state index < -0.39 is 17.5 Å². The Morgan fingerprint density at radius 1 is 1.29 bits per heavy atom. The first-order valence-corrected chi connectivity index (χ1v) is 12.2. The minimum absolute atomic E-state index is 0.178. The number of aromatic hydroxyl groups is 1. The highest BCUT2D eigenvalue weighted by atomic mass is 32.1. The molecule has 0 aliphatic carbocycles. The first-order chi connectivity index (χ1) is 16.3. The van der Waals surface area contributed by atoms with E-state index in [1.54, 1.807) is 30.4 Å². The van der Waals surface area contributed by atoms with Gasteiger partial charge in [0.05, 0.1) is 7.11 Å². The molecule has 0 fully saturated rings. The van der Waals surface area contributed by atoms with Crippen LogP contribution < -0.4 is 10.9 Å². The summed E-state index contributed by atoms with van der Waals surface area (Å²) in [5, 5.41) is 12.9. The SMILES string of the molecule is CCCCc1ccc(C/C=C(/C)C(=O)c2c(O)cc(C(C)CC/C=C/NC(=O)OC)oc2=O)s1. The number of alkyl carbamates (subject to hydrolysis) is 1. The van der Waals surface area contributed by atoms with Crippen LogP contribution in [0.1, 0.15) is 78.2 Å². The van der Waals surface area contributed by atoms with Gasteiger partial charge in [0.15, 0.2) is 5.78 Å². The van der Waals surface area contributed by atoms with Gasteiger partial charge in [0.1, 0.15) is 17.1 Å². The lowest BCUT2D eigenvalue weighted by atomic mass is 9.99. The van der Waals surface area contributed by atoms with Gasteiger partial charge in [-0.05, 0) is 50.3 Å². The number of hydrogen-bond donors (Lipinski definition) is 2. The molecule has 0 radical (unpaired) electrons. The first kappa shape index (κ1) is 27.1. The molecule has 2 heterocycles. The second kappa shape index (κ2) is 13.5. The molecule has 34 heavy (non-hydrogen) atoms. The summed E-state index contributed by atoms with van der Waals surface area (Å²) >= 11 is 1.73. The molecule has 2 rings (SSSR count). The summed E-state index contributed by atoms with van der Waals surface area (Å²) in [5.74, 6) is -0.794. The average molecular weight is 488 g/mol. The highest BCUT2D eigenvalue weighted by Crippen LogP contribution is 2.26. The largest absolute Gasteiger partial charge is 0.507 e. The molecule has 7 nitrogen and oxygen atoms in total. The Morgan fingerprint density at radius 3 is 2.71 bits per heavy atom. The number of Topliss-reactive ketones (excluding diaryl/α,β-unsaturated/α-hetero) is 1. The predicted molar refractivity (Wildman–Crippen MR) is 134 cm³/mol. The van der Waals surface area contributed by atoms with Crippen LogP contribution in [0.3, 0.4) is 0 Å². The molecule has 1 amide bonds. The molecule has 0 saturated carbocycles. The van der Waals surface area contributed by atoms with Crippen LogP contribution in [0.25, 0.3) is 0 Å². The zero-order chi connectivity index (χ0) is 25.1. The molecule has 1 unspecified atom stereocenters. The van der Waals surface area contributed by atoms with Crippen molar-refractivity contribution in [1.29, 1.82) is 0 Å². The number of aryl methyl sites for hydroxylation is 1. The summed E-state index contributed by atoms with van der Waals surface area (Å²) in [4.78, 5) is 38.8. The molecule has 2 aromatic rings. The van der Waals surface area contributed by atoms with E-state index in [1.165, 1.54) is 24.3 Å². The summed E-state index contributed by atoms with van der Waals surface area (Å²) in [6, 6.07) is 5.52. The lowest BCUT2D eigenvalue weighted by molar-refractivity contribution is 0.102. The molecule has 0 aromatic carbocycles. The molecule has 2 N–H and O–H groups in total. The van der Waals surface area contributed by atoms with Gasteiger partial charge in [0.25, 0.3) is 0 Å². The number of ether oxygens (including phenoxy) is 1. The minimum Gasteiger partial charge on any atom is -0.507 e. The molecule has 0 spiro atoms. The lowest BCUT2D eigenvalue weighted by Gasteiger charge is -2.11. The fourth-order valence-electron chi connectivity index (χ4n) is 3.27. The Kier molecular flexibility index (Phi) is 10.8. The van der Waals surface area contributed by atoms with Gasteiger partial charge in [-0.1, -0.05) is 32.4 Å². The molecule has 0 aliphatic rings. The zero-order valence-corrected chi connectivity index (χ0v) is 21.0. The van der Waals surface area contributed by atoms with Gasteiger partial charge in [-0.3, -0.25) is 10.1 Å². The molecule has 1 atom stereocenters. The quantitative estimate of drug-likeness (QED) is 0.286. The number of methoxy groups -OCH3 is 1. The highest BCUT2D eigenvalue weighted by Gasteiger charge is 2.22. The molecule has 0 aliphatic heterocycles. The predicted octanol–water partition coefficient (Wildman–Crippen LogP) is 5.87. The Morgan fingerprint density at radius 2 is 2.03 bits per heavy atom. The van der Waals surface area contributed by atoms with E-state index in [2.05, 4.69) is 29.1 Å². The van der Waals surface area contributed by atoms with Crippen molar-refractivity contribution in [2.45, 2.75) is 65.2 Å². The monoisotopic (exact) mass is 487 g/mol. The topological polar surface area (TPSA) is 106 Å². The number of unbranched alkanes of at least 4 members (excludes halogenated alkanes) is 1. The number of hydrogen-bond acceptors (Lipinski definition) is 7. The number of allylic oxidation sites excluding steroid dienone is 3. The van der Waals surface area contributed by atoms with E-state index in [1.807, 2.05) is 6.92 Å². The molecule has 0 bridgehead atoms. The average Bonchev–Trinajstić information content (AvgIpc) is 3.27. The smallest absolute Gasteiger partial charge is 0.410 e. The Hall–Kier alpha value is -3.13. The third-order valence-corrected chi connectivity index (χ3v) is 6.56. The Balaban J connectivity index is 2.03. The van der Waals surface area contributed by atoms with E-state index >= 15 is 0 Å². The zero-order valence-electron chi connectivity index (χ0n) is 20.2. The minimum atomic E-state index is -0.847. The van der Waals surface area contributed by atoms with Gasteiger partial charge < -0.3 is 14.3 Å². The Bertz CT molecular complexity index is 1090. The number of nitrogens with one attached hydrogen (secondary N) is 1. The first-order valence-electron chi connectivity index (χ1n) is 11.4. The molecular formula is C26H33NO6S. The number of ketones is 1. The summed E-state index contributed by atoms with van der Waals surface area (Å²) in [6.45, 7) is 5.65. The van der Waals surface area contributed by atoms with Gasteiger partial charge in [0, 0.05) is 34.4 Å². The molecular weight excluding hydrogens is 454 g/mol. The van der Waals surface area contributed by atoms with E-state index in [0.29, 0.717) is 30.6 Å². The van der Waals surface area contributed by atoms with Crippen LogP contribution in [-0.2, 0) is 17.6 Å². The summed E-state index contributed by atoms with van der Waals surface area (Å²) < 4.78 is 9.83. The van der Waals surface area contributed by atoms with Crippen LogP contribution in [0.4, 0.5) is 4.79 Å². The standard InChI is InChI=1S/C26H33NO6S/c1-5-6-10-19-13-14-20(34-19)12-11-18(3)24(29)23-21(28)16-22(33-25(23)30)17(2)9-7-8-15-27-26(31)32-4/h8,11,13-17,28H,5-7,9-10,12H2,1-4H3,(H,27,31)/b15-8+,18-11-. The van der Waals surface area contributed by atoms with Gasteiger partial charge in [0.2, 0.25) is 0 Å². The number of amides is 1. The van der Waals surface area contributed by atoms with E-state index in [0.717, 1.165) is 24.1 Å². The second-order valence-corrected chi connectivity index (χ2v) is 9.36. The number of carbonyl (C=O) groups excluding carboxylic acids is 2. The van der Waals surface area contributed by atoms with Crippen LogP contribution in [0.5, 0.6) is 5.75 Å². The van der Waals surface area contributed by atoms with Crippen molar-refractivity contribution in [3.8, 4) is 5.75 Å². The van der Waals surface area contributed by atoms with E-state index in [9.17, 15) is 19.5 Å². The molecule has 184 valence electrons. The number of thiophene rings is 1. The number of rotatable bonds is 12. The van der Waals surface area contributed by atoms with Gasteiger partial charge in [-0.25, -0.2) is 9.59 Å². The van der Waals surface area contributed by atoms with Gasteiger partial charge in [-0.2, -0.15) is 0 Å². The maximum Gasteiger partial charge on any atom is 0.410 e. The maximum atomic E-state index is 12.8. The molecule has 2 aromatic heterocycles. The van der Waals surface area contributed by atoms with E-state index in [-0.39, 0.29) is 17.2 Å². The van der Waals surface area contributed by atoms with Crippen LogP contribution in [0.2, 0.25) is 0 Å². The van der Waals surface area contributed by atoms with Crippen molar-refractivity contribution in [3.63, 3.8) is 0 Å². The van der Waals surface area contributed by atoms with Crippen molar-refractivity contribution in [2.24, 2.45) is 0 Å². The summed E-state index contributed by atoms with van der Waals surface area (Å²) in [6.07, 6.45) is 9.60. The maximum absolute atomic E-state index is 12.8. The highest BCUT2D eigenvalue weighted by molar-refractivity contribution is 7.12. The summed E-state index contributed by atoms with van der Waals surface area (Å²) in [5.41, 5.74) is -0.808. The fraction of sp³-hybridized carbons (Fsp3) is 0.423. The molecule has 0 saturated heterocycles. The van der Waals surface area contributed by atoms with Gasteiger partial charge in [-0.15, -0.1) is 11.3 Å². The summed E-state index contributed by atoms with van der Waals surface area (Å²) in [7, 11) is 1.28. The Labute approximate surface area is 204 Å². The van der Waals surface area contributed by atoms with Crippen molar-refractivity contribution in [1.82, 2.24) is 5.32 Å². The van der Waals surface area contributed by atoms with Crippen LogP contribution in [0, 0.1) is 0 Å². The van der Waals surface area contributed by atoms with Crippen molar-refractivity contribution < 1.29 is 23.8 Å². The van der Waals surface area contributed by atoms with Gasteiger partial charge >= 0.3 is 11.7 Å². The van der Waals surface area contributed by atoms with Crippen molar-refractivity contribution in [3.05, 3.63) is 73.6 Å². The van der Waals surface area contributed by atoms with Crippen LogP contribution >= 0.6 is 11.3 Å². The van der Waals surface area contributed by atoms with Crippen LogP contribution in [-0.4, -0.2) is 24.1 Å². The van der Waals surface area contributed by atoms with Crippen LogP contribution in [0.15, 0.2) is 51.3 Å². The van der Waals surface area contributed by atoms with Crippen molar-refractivity contribution >= 4 is 23.2 Å². The molecule has 8 heteroatoms. The normalized spacial score (nSPS) is 12.6. The lowest BCUT2D eigenvalue weighted by Crippen LogP contribution is -2.17. The van der Waals surface area contributed by atoms with Crippen molar-refractivity contribution in [2.75, 3.05) is 7.11 Å². The number of carbonyl (C=O) groups is 2.